The largest absolute Gasteiger partial charge is 0.485 e. The summed E-state index contributed by atoms with van der Waals surface area (Å²) in [5, 5.41) is 0. The van der Waals surface area contributed by atoms with Crippen LogP contribution < -0.4 is 10.5 Å². The van der Waals surface area contributed by atoms with E-state index in [1.165, 1.54) is 0 Å². The quantitative estimate of drug-likeness (QED) is 0.793. The first-order valence-corrected chi connectivity index (χ1v) is 5.92. The lowest BCUT2D eigenvalue weighted by Gasteiger charge is -2.09. The molecule has 2 N–H and O–H groups in total. The van der Waals surface area contributed by atoms with E-state index in [4.69, 9.17) is 14.9 Å². The summed E-state index contributed by atoms with van der Waals surface area (Å²) < 4.78 is 11.1. The first-order valence-electron chi connectivity index (χ1n) is 5.92. The van der Waals surface area contributed by atoms with Gasteiger partial charge in [-0.15, -0.1) is 6.58 Å². The molecule has 0 atom stereocenters. The second-order valence-electron chi connectivity index (χ2n) is 3.96. The van der Waals surface area contributed by atoms with Crippen molar-refractivity contribution in [1.82, 2.24) is 0 Å². The van der Waals surface area contributed by atoms with Crippen LogP contribution in [-0.2, 0) is 19.6 Å². The Morgan fingerprint density at radius 3 is 2.83 bits per heavy atom. The third kappa shape index (κ3) is 2.81. The van der Waals surface area contributed by atoms with Gasteiger partial charge < -0.3 is 14.9 Å². The minimum Gasteiger partial charge on any atom is -0.485 e. The average Bonchev–Trinajstić information content (AvgIpc) is 2.85. The van der Waals surface area contributed by atoms with E-state index in [2.05, 4.69) is 6.58 Å². The fourth-order valence-corrected chi connectivity index (χ4v) is 1.79. The van der Waals surface area contributed by atoms with Gasteiger partial charge in [0.25, 0.3) is 0 Å². The molecule has 0 aliphatic rings. The van der Waals surface area contributed by atoms with Gasteiger partial charge in [-0.2, -0.15) is 0 Å². The van der Waals surface area contributed by atoms with Gasteiger partial charge in [-0.25, -0.2) is 0 Å². The number of hydrogen-bond acceptors (Lipinski definition) is 3. The molecule has 1 aromatic heterocycles. The van der Waals surface area contributed by atoms with Crippen molar-refractivity contribution in [3.63, 3.8) is 0 Å². The smallest absolute Gasteiger partial charge is 0.146 e. The van der Waals surface area contributed by atoms with E-state index in [-0.39, 0.29) is 0 Å². The summed E-state index contributed by atoms with van der Waals surface area (Å²) in [4.78, 5) is 0. The van der Waals surface area contributed by atoms with Crippen LogP contribution in [0.25, 0.3) is 0 Å². The number of nitrogens with two attached hydrogens (primary N) is 1. The Kier molecular flexibility index (Phi) is 4.20. The maximum Gasteiger partial charge on any atom is 0.146 e. The third-order valence-electron chi connectivity index (χ3n) is 2.75. The van der Waals surface area contributed by atoms with Crippen molar-refractivity contribution in [3.8, 4) is 5.75 Å². The molecule has 0 spiro atoms. The van der Waals surface area contributed by atoms with Crippen molar-refractivity contribution in [1.29, 1.82) is 0 Å². The van der Waals surface area contributed by atoms with Crippen molar-refractivity contribution in [2.24, 2.45) is 5.73 Å². The fraction of sp³-hybridized carbons (Fsp3) is 0.200. The number of hydrogen-bond donors (Lipinski definition) is 1. The van der Waals surface area contributed by atoms with Crippen LogP contribution in [0.15, 0.2) is 53.7 Å². The average molecular weight is 243 g/mol. The van der Waals surface area contributed by atoms with Crippen LogP contribution in [-0.4, -0.2) is 0 Å². The molecule has 1 heterocycles. The molecule has 0 bridgehead atoms. The molecule has 0 unspecified atom stereocenters. The number of para-hydroxylation sites is 1. The number of allylic oxidation sites excluding steroid dienone is 1. The van der Waals surface area contributed by atoms with Gasteiger partial charge in [-0.3, -0.25) is 0 Å². The zero-order chi connectivity index (χ0) is 12.8. The maximum absolute atomic E-state index is 5.78. The van der Waals surface area contributed by atoms with Gasteiger partial charge in [0.05, 0.1) is 6.26 Å². The van der Waals surface area contributed by atoms with Gasteiger partial charge in [0.2, 0.25) is 0 Å². The lowest BCUT2D eigenvalue weighted by Crippen LogP contribution is -2.03. The van der Waals surface area contributed by atoms with Crippen molar-refractivity contribution >= 4 is 0 Å². The van der Waals surface area contributed by atoms with Crippen LogP contribution in [0.4, 0.5) is 0 Å². The van der Waals surface area contributed by atoms with Crippen LogP contribution >= 0.6 is 0 Å². The predicted octanol–water partition coefficient (Wildman–Crippen LogP) is 3.05. The van der Waals surface area contributed by atoms with Crippen LogP contribution in [0.5, 0.6) is 5.75 Å². The van der Waals surface area contributed by atoms with E-state index in [0.29, 0.717) is 13.2 Å². The Morgan fingerprint density at radius 2 is 2.06 bits per heavy atom. The highest BCUT2D eigenvalue weighted by Gasteiger charge is 2.07. The van der Waals surface area contributed by atoms with Crippen molar-refractivity contribution < 1.29 is 9.15 Å². The summed E-state index contributed by atoms with van der Waals surface area (Å²) >= 11 is 0. The molecule has 3 nitrogen and oxygen atoms in total. The van der Waals surface area contributed by atoms with E-state index >= 15 is 0 Å². The molecule has 0 amide bonds. The summed E-state index contributed by atoms with van der Waals surface area (Å²) in [6.07, 6.45) is 4.29. The first kappa shape index (κ1) is 12.5. The van der Waals surface area contributed by atoms with Crippen LogP contribution in [0, 0.1) is 0 Å². The van der Waals surface area contributed by atoms with Crippen LogP contribution in [0.3, 0.4) is 0 Å². The minimum absolute atomic E-state index is 0.397. The topological polar surface area (TPSA) is 48.4 Å². The van der Waals surface area contributed by atoms with Crippen molar-refractivity contribution in [2.75, 3.05) is 0 Å². The standard InChI is InChI=1S/C15H17NO2/c1-2-5-12-6-3-4-7-14(12)18-11-15-13(10-16)8-9-17-15/h2-4,6-9H,1,5,10-11,16H2. The van der Waals surface area contributed by atoms with Crippen molar-refractivity contribution in [3.05, 3.63) is 66.1 Å². The predicted molar refractivity (Wildman–Crippen MR) is 71.3 cm³/mol. The molecule has 18 heavy (non-hydrogen) atoms. The Morgan fingerprint density at radius 1 is 1.22 bits per heavy atom. The number of ether oxygens (including phenoxy) is 1. The molecule has 0 saturated heterocycles. The van der Waals surface area contributed by atoms with Gasteiger partial charge >= 0.3 is 0 Å². The van der Waals surface area contributed by atoms with E-state index in [9.17, 15) is 0 Å². The molecule has 94 valence electrons. The van der Waals surface area contributed by atoms with Gasteiger partial charge in [0.15, 0.2) is 0 Å². The first-order chi connectivity index (χ1) is 8.85. The molecule has 0 saturated carbocycles. The maximum atomic E-state index is 5.78. The number of rotatable bonds is 6. The van der Waals surface area contributed by atoms with E-state index in [1.807, 2.05) is 36.4 Å². The van der Waals surface area contributed by atoms with E-state index in [1.54, 1.807) is 6.26 Å². The van der Waals surface area contributed by atoms with E-state index in [0.717, 1.165) is 29.1 Å². The second-order valence-corrected chi connectivity index (χ2v) is 3.96. The highest BCUT2D eigenvalue weighted by atomic mass is 16.5. The fourth-order valence-electron chi connectivity index (χ4n) is 1.79. The van der Waals surface area contributed by atoms with Crippen LogP contribution in [0.2, 0.25) is 0 Å². The SMILES string of the molecule is C=CCc1ccccc1OCc1occc1CN. The Balaban J connectivity index is 2.08. The molecule has 0 aliphatic carbocycles. The molecular formula is C15H17NO2. The monoisotopic (exact) mass is 243 g/mol. The second kappa shape index (κ2) is 6.07. The molecule has 0 fully saturated rings. The summed E-state index contributed by atoms with van der Waals surface area (Å²) in [6.45, 7) is 4.60. The number of benzene rings is 1. The normalized spacial score (nSPS) is 10.3. The van der Waals surface area contributed by atoms with Crippen molar-refractivity contribution in [2.45, 2.75) is 19.6 Å². The van der Waals surface area contributed by atoms with Crippen LogP contribution in [0.1, 0.15) is 16.9 Å². The van der Waals surface area contributed by atoms with Gasteiger partial charge in [-0.05, 0) is 24.1 Å². The molecule has 2 aromatic rings. The lowest BCUT2D eigenvalue weighted by molar-refractivity contribution is 0.266. The Hall–Kier alpha value is -2.00. The summed E-state index contributed by atoms with van der Waals surface area (Å²) in [5.41, 5.74) is 7.71. The summed E-state index contributed by atoms with van der Waals surface area (Å²) in [5.74, 6) is 1.64. The molecule has 2 rings (SSSR count). The molecular weight excluding hydrogens is 226 g/mol. The minimum atomic E-state index is 0.397. The van der Waals surface area contributed by atoms with Gasteiger partial charge in [-0.1, -0.05) is 24.3 Å². The highest BCUT2D eigenvalue weighted by Crippen LogP contribution is 2.21. The highest BCUT2D eigenvalue weighted by molar-refractivity contribution is 5.34. The zero-order valence-corrected chi connectivity index (χ0v) is 10.3. The number of furan rings is 1. The van der Waals surface area contributed by atoms with Gasteiger partial charge in [0.1, 0.15) is 18.1 Å². The molecule has 3 heteroatoms. The summed E-state index contributed by atoms with van der Waals surface area (Å²) in [6, 6.07) is 9.79. The third-order valence-corrected chi connectivity index (χ3v) is 2.75. The zero-order valence-electron chi connectivity index (χ0n) is 10.3. The van der Waals surface area contributed by atoms with E-state index < -0.39 is 0 Å². The molecule has 0 aliphatic heterocycles. The Labute approximate surface area is 107 Å². The Bertz CT molecular complexity index is 517. The molecule has 1 aromatic carbocycles. The lowest BCUT2D eigenvalue weighted by atomic mass is 10.1. The molecule has 0 radical (unpaired) electrons. The van der Waals surface area contributed by atoms with Gasteiger partial charge in [0, 0.05) is 12.1 Å². The summed E-state index contributed by atoms with van der Waals surface area (Å²) in [7, 11) is 0.